The molecule has 1 saturated heterocycles. The first-order valence-electron chi connectivity index (χ1n) is 6.08. The highest BCUT2D eigenvalue weighted by atomic mass is 35.5. The number of morpholine rings is 1. The van der Waals surface area contributed by atoms with Gasteiger partial charge in [0.1, 0.15) is 0 Å². The normalized spacial score (nSPS) is 24.7. The van der Waals surface area contributed by atoms with E-state index < -0.39 is 0 Å². The molecule has 2 aromatic rings. The molecule has 1 aromatic heterocycles. The molecule has 1 aromatic carbocycles. The lowest BCUT2D eigenvalue weighted by atomic mass is 10.2. The summed E-state index contributed by atoms with van der Waals surface area (Å²) in [4.78, 5) is 2.19. The van der Waals surface area contributed by atoms with Crippen molar-refractivity contribution in [3.05, 3.63) is 24.3 Å². The third-order valence-electron chi connectivity index (χ3n) is 3.16. The minimum atomic E-state index is 0.0471. The Kier molecular flexibility index (Phi) is 3.14. The van der Waals surface area contributed by atoms with Gasteiger partial charge in [-0.2, -0.15) is 0 Å². The molecule has 1 aliphatic rings. The number of halogens is 1. The highest BCUT2D eigenvalue weighted by Gasteiger charge is 2.27. The molecule has 2 unspecified atom stereocenters. The second-order valence-electron chi connectivity index (χ2n) is 4.63. The molecule has 0 amide bonds. The number of hydrogen-bond donors (Lipinski definition) is 0. The van der Waals surface area contributed by atoms with Crippen molar-refractivity contribution in [1.82, 2.24) is 5.16 Å². The van der Waals surface area contributed by atoms with Crippen LogP contribution in [0.2, 0.25) is 0 Å². The van der Waals surface area contributed by atoms with Gasteiger partial charge in [0.15, 0.2) is 11.4 Å². The van der Waals surface area contributed by atoms with Gasteiger partial charge in [-0.25, -0.2) is 0 Å². The quantitative estimate of drug-likeness (QED) is 0.784. The summed E-state index contributed by atoms with van der Waals surface area (Å²) in [7, 11) is 0. The smallest absolute Gasteiger partial charge is 0.180 e. The number of anilines is 1. The number of ether oxygens (including phenoxy) is 1. The Morgan fingerprint density at radius 2 is 2.22 bits per heavy atom. The lowest BCUT2D eigenvalue weighted by Crippen LogP contribution is -2.47. The van der Waals surface area contributed by atoms with Crippen LogP contribution in [0.25, 0.3) is 11.0 Å². The van der Waals surface area contributed by atoms with Crippen LogP contribution in [0.1, 0.15) is 6.92 Å². The molecule has 1 fully saturated rings. The van der Waals surface area contributed by atoms with Crippen LogP contribution in [0.4, 0.5) is 5.82 Å². The predicted octanol–water partition coefficient (Wildman–Crippen LogP) is 2.66. The van der Waals surface area contributed by atoms with Gasteiger partial charge in [0.05, 0.1) is 23.5 Å². The van der Waals surface area contributed by atoms with Crippen molar-refractivity contribution in [2.75, 3.05) is 23.9 Å². The third kappa shape index (κ3) is 2.06. The van der Waals surface area contributed by atoms with E-state index in [0.29, 0.717) is 5.88 Å². The van der Waals surface area contributed by atoms with Gasteiger partial charge in [-0.05, 0) is 19.1 Å². The van der Waals surface area contributed by atoms with Crippen molar-refractivity contribution < 1.29 is 9.26 Å². The van der Waals surface area contributed by atoms with Crippen LogP contribution in [0.3, 0.4) is 0 Å². The molecule has 0 N–H and O–H groups in total. The van der Waals surface area contributed by atoms with Gasteiger partial charge in [0, 0.05) is 13.1 Å². The van der Waals surface area contributed by atoms with Crippen LogP contribution in [0.5, 0.6) is 0 Å². The van der Waals surface area contributed by atoms with Crippen molar-refractivity contribution in [2.24, 2.45) is 0 Å². The first-order valence-corrected chi connectivity index (χ1v) is 6.62. The van der Waals surface area contributed by atoms with E-state index in [1.807, 2.05) is 31.2 Å². The largest absolute Gasteiger partial charge is 0.370 e. The Balaban J connectivity index is 1.93. The zero-order valence-electron chi connectivity index (χ0n) is 10.2. The van der Waals surface area contributed by atoms with Crippen molar-refractivity contribution in [3.8, 4) is 0 Å². The SMILES string of the molecule is CC1CN(c2noc3ccccc23)CC(CCl)O1. The van der Waals surface area contributed by atoms with Gasteiger partial charge in [0.25, 0.3) is 0 Å². The average Bonchev–Trinajstić information content (AvgIpc) is 2.81. The second-order valence-corrected chi connectivity index (χ2v) is 4.94. The van der Waals surface area contributed by atoms with Gasteiger partial charge in [-0.3, -0.25) is 0 Å². The number of benzene rings is 1. The minimum absolute atomic E-state index is 0.0471. The number of para-hydroxylation sites is 1. The number of hydrogen-bond acceptors (Lipinski definition) is 4. The van der Waals surface area contributed by atoms with E-state index in [2.05, 4.69) is 10.1 Å². The predicted molar refractivity (Wildman–Crippen MR) is 71.3 cm³/mol. The Morgan fingerprint density at radius 1 is 1.39 bits per heavy atom. The van der Waals surface area contributed by atoms with Gasteiger partial charge in [0.2, 0.25) is 0 Å². The Hall–Kier alpha value is -1.26. The van der Waals surface area contributed by atoms with Crippen LogP contribution in [-0.2, 0) is 4.74 Å². The Labute approximate surface area is 110 Å². The summed E-state index contributed by atoms with van der Waals surface area (Å²) in [6.07, 6.45) is 0.198. The van der Waals surface area contributed by atoms with E-state index in [0.717, 1.165) is 29.9 Å². The number of nitrogens with zero attached hydrogens (tertiary/aromatic N) is 2. The molecule has 0 radical (unpaired) electrons. The zero-order valence-corrected chi connectivity index (χ0v) is 10.9. The molecule has 1 aliphatic heterocycles. The standard InChI is InChI=1S/C13H15ClN2O2/c1-9-7-16(8-10(6-14)17-9)13-11-4-2-3-5-12(11)18-15-13/h2-5,9-10H,6-8H2,1H3. The third-order valence-corrected chi connectivity index (χ3v) is 3.50. The van der Waals surface area contributed by atoms with Crippen LogP contribution in [0, 0.1) is 0 Å². The van der Waals surface area contributed by atoms with E-state index in [9.17, 15) is 0 Å². The van der Waals surface area contributed by atoms with Crippen molar-refractivity contribution >= 4 is 28.4 Å². The summed E-state index contributed by atoms with van der Waals surface area (Å²) >= 11 is 5.90. The van der Waals surface area contributed by atoms with E-state index in [1.54, 1.807) is 0 Å². The van der Waals surface area contributed by atoms with Crippen LogP contribution < -0.4 is 4.90 Å². The summed E-state index contributed by atoms with van der Waals surface area (Å²) in [5.74, 6) is 1.38. The first-order chi connectivity index (χ1) is 8.78. The molecule has 96 valence electrons. The lowest BCUT2D eigenvalue weighted by molar-refractivity contribution is -0.00363. The molecule has 4 nitrogen and oxygen atoms in total. The average molecular weight is 267 g/mol. The molecule has 2 atom stereocenters. The maximum absolute atomic E-state index is 5.90. The van der Waals surface area contributed by atoms with Gasteiger partial charge in [-0.1, -0.05) is 17.3 Å². The monoisotopic (exact) mass is 266 g/mol. The topological polar surface area (TPSA) is 38.5 Å². The maximum Gasteiger partial charge on any atom is 0.180 e. The van der Waals surface area contributed by atoms with E-state index >= 15 is 0 Å². The molecule has 5 heteroatoms. The lowest BCUT2D eigenvalue weighted by Gasteiger charge is -2.36. The number of alkyl halides is 1. The summed E-state index contributed by atoms with van der Waals surface area (Å²) in [6, 6.07) is 7.89. The maximum atomic E-state index is 5.90. The summed E-state index contributed by atoms with van der Waals surface area (Å²) in [6.45, 7) is 3.61. The highest BCUT2D eigenvalue weighted by molar-refractivity contribution is 6.18. The van der Waals surface area contributed by atoms with Gasteiger partial charge < -0.3 is 14.2 Å². The number of fused-ring (bicyclic) bond motifs is 1. The zero-order chi connectivity index (χ0) is 12.5. The van der Waals surface area contributed by atoms with Crippen molar-refractivity contribution in [2.45, 2.75) is 19.1 Å². The van der Waals surface area contributed by atoms with Crippen molar-refractivity contribution in [3.63, 3.8) is 0 Å². The molecule has 0 spiro atoms. The molecule has 0 bridgehead atoms. The molecule has 3 rings (SSSR count). The van der Waals surface area contributed by atoms with E-state index in [1.165, 1.54) is 0 Å². The van der Waals surface area contributed by atoms with E-state index in [-0.39, 0.29) is 12.2 Å². The first kappa shape index (κ1) is 11.8. The fourth-order valence-electron chi connectivity index (χ4n) is 2.40. The molecular weight excluding hydrogens is 252 g/mol. The summed E-state index contributed by atoms with van der Waals surface area (Å²) in [5.41, 5.74) is 0.814. The van der Waals surface area contributed by atoms with Crippen LogP contribution in [0.15, 0.2) is 28.8 Å². The molecule has 18 heavy (non-hydrogen) atoms. The molecular formula is C13H15ClN2O2. The Morgan fingerprint density at radius 3 is 3.06 bits per heavy atom. The number of aromatic nitrogens is 1. The second kappa shape index (κ2) is 4.78. The highest BCUT2D eigenvalue weighted by Crippen LogP contribution is 2.28. The molecule has 0 saturated carbocycles. The fourth-order valence-corrected chi connectivity index (χ4v) is 2.57. The molecule has 0 aliphatic carbocycles. The van der Waals surface area contributed by atoms with Crippen LogP contribution >= 0.6 is 11.6 Å². The van der Waals surface area contributed by atoms with Gasteiger partial charge >= 0.3 is 0 Å². The summed E-state index contributed by atoms with van der Waals surface area (Å²) in [5, 5.41) is 5.22. The van der Waals surface area contributed by atoms with Crippen molar-refractivity contribution in [1.29, 1.82) is 0 Å². The van der Waals surface area contributed by atoms with Gasteiger partial charge in [-0.15, -0.1) is 11.6 Å². The Bertz CT molecular complexity index is 543. The number of rotatable bonds is 2. The fraction of sp³-hybridized carbons (Fsp3) is 0.462. The minimum Gasteiger partial charge on any atom is -0.370 e. The summed E-state index contributed by atoms with van der Waals surface area (Å²) < 4.78 is 11.1. The van der Waals surface area contributed by atoms with Crippen LogP contribution in [-0.4, -0.2) is 36.3 Å². The molecule has 2 heterocycles. The van der Waals surface area contributed by atoms with E-state index in [4.69, 9.17) is 20.9 Å².